The number of carbonyl (C=O) groups is 1. The summed E-state index contributed by atoms with van der Waals surface area (Å²) in [5.74, 6) is 1.36. The van der Waals surface area contributed by atoms with Crippen LogP contribution < -0.4 is 14.4 Å². The standard InChI is InChI=1S/C32H40N4O4S/c1-3-7-28-20-23-35(27-8-5-4-6-9-27)32(37)36(28)29-18-21-34(22-19-29)24-25-10-14-30(15-11-25)40-31-16-12-26(13-17-31)33-41(2,38)39/h4-6,8-17,28-29,33H,3,7,18-24H2,1-2H3. The second-order valence-corrected chi connectivity index (χ2v) is 12.8. The molecular formula is C32H40N4O4S. The van der Waals surface area contributed by atoms with Crippen LogP contribution in [0.15, 0.2) is 78.9 Å². The van der Waals surface area contributed by atoms with Gasteiger partial charge in [0.25, 0.3) is 0 Å². The molecule has 3 aromatic rings. The molecule has 9 heteroatoms. The largest absolute Gasteiger partial charge is 0.457 e. The third kappa shape index (κ3) is 7.59. The Hall–Kier alpha value is -3.56. The third-order valence-corrected chi connectivity index (χ3v) is 8.50. The number of amides is 2. The Morgan fingerprint density at radius 1 is 0.854 bits per heavy atom. The highest BCUT2D eigenvalue weighted by Gasteiger charge is 2.39. The van der Waals surface area contributed by atoms with Gasteiger partial charge in [0.2, 0.25) is 10.0 Å². The van der Waals surface area contributed by atoms with Gasteiger partial charge in [-0.25, -0.2) is 13.2 Å². The van der Waals surface area contributed by atoms with Gasteiger partial charge < -0.3 is 9.64 Å². The molecule has 5 rings (SSSR count). The SMILES string of the molecule is CCCC1CCN(c2ccccc2)C(=O)N1C1CCN(Cc2ccc(Oc3ccc(NS(C)(=O)=O)cc3)cc2)CC1. The third-order valence-electron chi connectivity index (χ3n) is 7.89. The molecule has 1 N–H and O–H groups in total. The average Bonchev–Trinajstić information content (AvgIpc) is 2.96. The van der Waals surface area contributed by atoms with Crippen LogP contribution in [-0.4, -0.2) is 62.2 Å². The molecule has 0 aliphatic carbocycles. The highest BCUT2D eigenvalue weighted by molar-refractivity contribution is 7.92. The molecule has 0 radical (unpaired) electrons. The van der Waals surface area contributed by atoms with E-state index in [0.29, 0.717) is 17.5 Å². The second kappa shape index (κ2) is 13.0. The molecule has 1 unspecified atom stereocenters. The second-order valence-electron chi connectivity index (χ2n) is 11.1. The zero-order valence-corrected chi connectivity index (χ0v) is 24.7. The normalized spacial score (nSPS) is 18.9. The highest BCUT2D eigenvalue weighted by Crippen LogP contribution is 2.31. The number of anilines is 2. The molecule has 2 saturated heterocycles. The first kappa shape index (κ1) is 29.0. The monoisotopic (exact) mass is 576 g/mol. The van der Waals surface area contributed by atoms with Crippen molar-refractivity contribution in [2.45, 2.75) is 57.7 Å². The van der Waals surface area contributed by atoms with Gasteiger partial charge in [0.15, 0.2) is 0 Å². The molecular weight excluding hydrogens is 536 g/mol. The van der Waals surface area contributed by atoms with E-state index in [1.807, 2.05) is 47.4 Å². The summed E-state index contributed by atoms with van der Waals surface area (Å²) in [5, 5.41) is 0. The number of carbonyl (C=O) groups excluding carboxylic acids is 1. The van der Waals surface area contributed by atoms with Gasteiger partial charge in [-0.1, -0.05) is 43.7 Å². The topological polar surface area (TPSA) is 82.2 Å². The predicted molar refractivity (Wildman–Crippen MR) is 164 cm³/mol. The van der Waals surface area contributed by atoms with Crippen LogP contribution in [0.1, 0.15) is 44.6 Å². The maximum atomic E-state index is 13.7. The number of sulfonamides is 1. The minimum absolute atomic E-state index is 0.163. The molecule has 0 saturated carbocycles. The number of nitrogens with zero attached hydrogens (tertiary/aromatic N) is 3. The Bertz CT molecular complexity index is 1390. The lowest BCUT2D eigenvalue weighted by atomic mass is 9.96. The molecule has 2 aliphatic heterocycles. The molecule has 8 nitrogen and oxygen atoms in total. The maximum Gasteiger partial charge on any atom is 0.324 e. The molecule has 41 heavy (non-hydrogen) atoms. The smallest absolute Gasteiger partial charge is 0.324 e. The van der Waals surface area contributed by atoms with Crippen molar-refractivity contribution >= 4 is 27.4 Å². The van der Waals surface area contributed by atoms with Crippen LogP contribution in [0.25, 0.3) is 0 Å². The van der Waals surface area contributed by atoms with E-state index in [4.69, 9.17) is 4.74 Å². The van der Waals surface area contributed by atoms with Crippen LogP contribution in [0.5, 0.6) is 11.5 Å². The van der Waals surface area contributed by atoms with E-state index in [9.17, 15) is 13.2 Å². The van der Waals surface area contributed by atoms with Gasteiger partial charge in [0, 0.05) is 49.6 Å². The molecule has 2 fully saturated rings. The van der Waals surface area contributed by atoms with Crippen molar-refractivity contribution in [3.8, 4) is 11.5 Å². The number of rotatable bonds is 10. The first-order valence-electron chi connectivity index (χ1n) is 14.5. The van der Waals surface area contributed by atoms with Crippen LogP contribution in [0.3, 0.4) is 0 Å². The fraction of sp³-hybridized carbons (Fsp3) is 0.406. The number of hydrogen-bond acceptors (Lipinski definition) is 5. The van der Waals surface area contributed by atoms with Crippen LogP contribution in [0, 0.1) is 0 Å². The van der Waals surface area contributed by atoms with E-state index >= 15 is 0 Å². The molecule has 2 amide bonds. The van der Waals surface area contributed by atoms with Crippen LogP contribution in [0.4, 0.5) is 16.2 Å². The number of urea groups is 1. The van der Waals surface area contributed by atoms with Gasteiger partial charge in [-0.05, 0) is 79.8 Å². The minimum Gasteiger partial charge on any atom is -0.457 e. The lowest BCUT2D eigenvalue weighted by molar-refractivity contribution is 0.0810. The van der Waals surface area contributed by atoms with E-state index in [1.54, 1.807) is 24.3 Å². The minimum atomic E-state index is -3.31. The van der Waals surface area contributed by atoms with Crippen molar-refractivity contribution in [1.29, 1.82) is 0 Å². The Morgan fingerprint density at radius 3 is 2.10 bits per heavy atom. The number of piperidine rings is 1. The first-order valence-corrected chi connectivity index (χ1v) is 16.4. The summed E-state index contributed by atoms with van der Waals surface area (Å²) in [7, 11) is -3.31. The number of ether oxygens (including phenoxy) is 1. The Balaban J connectivity index is 1.15. The summed E-state index contributed by atoms with van der Waals surface area (Å²) in [5.41, 5.74) is 2.71. The molecule has 218 valence electrons. The number of para-hydroxylation sites is 1. The van der Waals surface area contributed by atoms with Crippen molar-refractivity contribution in [1.82, 2.24) is 9.80 Å². The van der Waals surface area contributed by atoms with E-state index in [2.05, 4.69) is 33.6 Å². The van der Waals surface area contributed by atoms with Gasteiger partial charge in [-0.3, -0.25) is 14.5 Å². The molecule has 0 bridgehead atoms. The van der Waals surface area contributed by atoms with E-state index in [1.165, 1.54) is 5.56 Å². The Morgan fingerprint density at radius 2 is 1.49 bits per heavy atom. The Labute approximate surface area is 244 Å². The van der Waals surface area contributed by atoms with Crippen molar-refractivity contribution < 1.29 is 17.9 Å². The lowest BCUT2D eigenvalue weighted by Gasteiger charge is -2.47. The lowest BCUT2D eigenvalue weighted by Crippen LogP contribution is -2.60. The van der Waals surface area contributed by atoms with E-state index < -0.39 is 10.0 Å². The molecule has 2 aliphatic rings. The average molecular weight is 577 g/mol. The molecule has 3 aromatic carbocycles. The number of benzene rings is 3. The Kier molecular flexibility index (Phi) is 9.15. The number of likely N-dealkylation sites (tertiary alicyclic amines) is 1. The number of nitrogens with one attached hydrogen (secondary N) is 1. The summed E-state index contributed by atoms with van der Waals surface area (Å²) in [6, 6.07) is 25.8. The highest BCUT2D eigenvalue weighted by atomic mass is 32.2. The van der Waals surface area contributed by atoms with E-state index in [-0.39, 0.29) is 12.1 Å². The van der Waals surface area contributed by atoms with Crippen molar-refractivity contribution in [3.63, 3.8) is 0 Å². The summed E-state index contributed by atoms with van der Waals surface area (Å²) >= 11 is 0. The van der Waals surface area contributed by atoms with Gasteiger partial charge in [0.1, 0.15) is 11.5 Å². The fourth-order valence-corrected chi connectivity index (χ4v) is 6.51. The summed E-state index contributed by atoms with van der Waals surface area (Å²) in [6.07, 6.45) is 6.26. The van der Waals surface area contributed by atoms with Crippen LogP contribution in [0.2, 0.25) is 0 Å². The fourth-order valence-electron chi connectivity index (χ4n) is 5.94. The molecule has 1 atom stereocenters. The van der Waals surface area contributed by atoms with Crippen LogP contribution in [-0.2, 0) is 16.6 Å². The molecule has 0 spiro atoms. The zero-order chi connectivity index (χ0) is 28.8. The van der Waals surface area contributed by atoms with Gasteiger partial charge >= 0.3 is 6.03 Å². The van der Waals surface area contributed by atoms with Crippen molar-refractivity contribution in [2.75, 3.05) is 35.5 Å². The van der Waals surface area contributed by atoms with E-state index in [0.717, 1.165) is 76.0 Å². The quantitative estimate of drug-likeness (QED) is 0.306. The summed E-state index contributed by atoms with van der Waals surface area (Å²) in [4.78, 5) is 20.4. The summed E-state index contributed by atoms with van der Waals surface area (Å²) in [6.45, 7) is 5.78. The predicted octanol–water partition coefficient (Wildman–Crippen LogP) is 6.32. The zero-order valence-electron chi connectivity index (χ0n) is 23.9. The van der Waals surface area contributed by atoms with Gasteiger partial charge in [-0.15, -0.1) is 0 Å². The van der Waals surface area contributed by atoms with Crippen LogP contribution >= 0.6 is 0 Å². The molecule has 2 heterocycles. The molecule has 0 aromatic heterocycles. The maximum absolute atomic E-state index is 13.7. The van der Waals surface area contributed by atoms with Gasteiger partial charge in [0.05, 0.1) is 6.26 Å². The van der Waals surface area contributed by atoms with Gasteiger partial charge in [-0.2, -0.15) is 0 Å². The number of hydrogen-bond donors (Lipinski definition) is 1. The van der Waals surface area contributed by atoms with Crippen molar-refractivity contribution in [3.05, 3.63) is 84.4 Å². The van der Waals surface area contributed by atoms with Crippen molar-refractivity contribution in [2.24, 2.45) is 0 Å². The first-order chi connectivity index (χ1) is 19.8. The summed E-state index contributed by atoms with van der Waals surface area (Å²) < 4.78 is 31.2.